The van der Waals surface area contributed by atoms with Crippen molar-refractivity contribution in [1.29, 1.82) is 0 Å². The maximum atomic E-state index is 15.3. The summed E-state index contributed by atoms with van der Waals surface area (Å²) in [5, 5.41) is 47.4. The molecule has 23 N–H and O–H groups in total. The molecule has 3 aromatic carbocycles. The normalized spacial score (nSPS) is 23.2. The zero-order chi connectivity index (χ0) is 77.0. The molecule has 0 bridgehead atoms. The number of phenolic OH excluding ortho intramolecular Hbond substituents is 1. The largest absolute Gasteiger partial charge is 0.508 e. The summed E-state index contributed by atoms with van der Waals surface area (Å²) in [6, 6.07) is 5.93. The van der Waals surface area contributed by atoms with Gasteiger partial charge in [-0.15, -0.1) is 0 Å². The number of hydrogen-bond acceptors (Lipinski definition) is 19. The highest BCUT2D eigenvalue weighted by Gasteiger charge is 2.41. The number of H-pyrrole nitrogens is 1. The Labute approximate surface area is 619 Å². The van der Waals surface area contributed by atoms with Crippen LogP contribution in [0, 0.1) is 5.92 Å². The maximum absolute atomic E-state index is 15.3. The number of rotatable bonds is 24. The number of carbonyl (C=O) groups is 14. The van der Waals surface area contributed by atoms with Crippen LogP contribution in [-0.2, 0) is 86.4 Å². The summed E-state index contributed by atoms with van der Waals surface area (Å²) >= 11 is 0. The van der Waals surface area contributed by atoms with Crippen LogP contribution < -0.4 is 81.8 Å². The highest BCUT2D eigenvalue weighted by molar-refractivity contribution is 8.76. The van der Waals surface area contributed by atoms with Gasteiger partial charge in [-0.05, 0) is 99.1 Å². The lowest BCUT2D eigenvalue weighted by Crippen LogP contribution is -2.61. The molecule has 0 radical (unpaired) electrons. The number of phenols is 1. The number of guanidine groups is 1. The molecule has 36 heteroatoms. The molecule has 3 fully saturated rings. The van der Waals surface area contributed by atoms with Crippen molar-refractivity contribution in [2.24, 2.45) is 39.6 Å². The Kier molecular flexibility index (Phi) is 32.2. The maximum Gasteiger partial charge on any atom is 0.303 e. The van der Waals surface area contributed by atoms with Gasteiger partial charge in [-0.3, -0.25) is 72.1 Å². The number of fused-ring (bicyclic) bond motifs is 1. The van der Waals surface area contributed by atoms with E-state index in [-0.39, 0.29) is 87.2 Å². The van der Waals surface area contributed by atoms with Crippen molar-refractivity contribution >= 4 is 121 Å². The third-order valence-corrected chi connectivity index (χ3v) is 20.6. The molecule has 106 heavy (non-hydrogen) atoms. The number of nitrogens with zero attached hydrogens (tertiary/aromatic N) is 2. The van der Waals surface area contributed by atoms with Gasteiger partial charge in [-0.1, -0.05) is 95.1 Å². The zero-order valence-electron chi connectivity index (χ0n) is 58.8. The molecule has 7 rings (SSSR count). The lowest BCUT2D eigenvalue weighted by Gasteiger charge is -2.30. The highest BCUT2D eigenvalue weighted by atomic mass is 33.1. The third-order valence-electron chi connectivity index (χ3n) is 18.2. The van der Waals surface area contributed by atoms with E-state index in [9.17, 15) is 63.0 Å². The molecule has 1 saturated carbocycles. The molecule has 1 aromatic heterocycles. The number of aliphatic imine (C=N–C) groups is 1. The number of carboxylic acids is 1. The number of nitrogens with one attached hydrogen (secondary N) is 11. The van der Waals surface area contributed by atoms with Crippen LogP contribution in [0.2, 0.25) is 0 Å². The second-order valence-corrected chi connectivity index (χ2v) is 29.1. The van der Waals surface area contributed by atoms with Gasteiger partial charge >= 0.3 is 5.97 Å². The summed E-state index contributed by atoms with van der Waals surface area (Å²) in [6.45, 7) is 1.48. The first-order valence-corrected chi connectivity index (χ1v) is 37.6. The molecule has 11 atom stereocenters. The average molecular weight is 1510 g/mol. The number of aliphatic carboxylic acids is 1. The molecule has 2 saturated heterocycles. The van der Waals surface area contributed by atoms with Crippen LogP contribution in [-0.4, -0.2) is 206 Å². The molecule has 3 aliphatic rings. The highest BCUT2D eigenvalue weighted by Crippen LogP contribution is 2.30. The predicted octanol–water partition coefficient (Wildman–Crippen LogP) is -2.25. The lowest BCUT2D eigenvalue weighted by atomic mass is 9.95. The summed E-state index contributed by atoms with van der Waals surface area (Å²) in [5.74, 6) is -14.4. The molecule has 574 valence electrons. The standard InChI is InChI=1S/C70H96N18O16S2/c1-38(71)31-57(92)88-30-10-18-54(88)68(103)83-49(33-40-19-21-43(89)22-20-40)65(100)86-53-37-106-105-36-52(60(73)95)85-63(98)48(24-26-58(93)94)81-66(101)51(34-42-35-78-45-16-8-7-15-44(42)45)82-62(97)47(23-25-55(72)90)79-56(91)27-29-76-61(96)46(17-9-28-77-70(74)75)80-64(99)50(32-39-11-3-2-4-12-39)84-69(104)59(87-67(53)102)41-13-5-6-14-41/h2-4,7-8,11-12,15-16,19-22,35,38,41,46-54,59,78,89H,5-6,9-10,13-14,17-18,23-34,36-37,71H2,1H3,(H2,72,90)(H2,73,95)(H,76,96)(H,79,91)(H,80,99)(H,81,101)(H,82,97)(H,83,103)(H,84,104)(H,85,98)(H,86,100)(H,87,102)(H,93,94)(H4,74,75,77)/t38-,46+,47+,48+,49+,50+,51+,52-,53+,54+,59+/m1/s1. The van der Waals surface area contributed by atoms with Crippen LogP contribution in [0.5, 0.6) is 5.75 Å². The van der Waals surface area contributed by atoms with Crippen molar-refractivity contribution in [3.63, 3.8) is 0 Å². The number of carbonyl (C=O) groups excluding carboxylic acids is 13. The van der Waals surface area contributed by atoms with Crippen LogP contribution >= 0.6 is 21.6 Å². The minimum atomic E-state index is -1.73. The van der Waals surface area contributed by atoms with Gasteiger partial charge in [-0.2, -0.15) is 0 Å². The van der Waals surface area contributed by atoms with Crippen molar-refractivity contribution in [2.75, 3.05) is 31.1 Å². The lowest BCUT2D eigenvalue weighted by molar-refractivity contribution is -0.140. The Morgan fingerprint density at radius 1 is 0.651 bits per heavy atom. The predicted molar refractivity (Wildman–Crippen MR) is 393 cm³/mol. The van der Waals surface area contributed by atoms with Gasteiger partial charge in [0.2, 0.25) is 76.8 Å². The van der Waals surface area contributed by atoms with Gasteiger partial charge in [-0.25, -0.2) is 0 Å². The van der Waals surface area contributed by atoms with Gasteiger partial charge < -0.3 is 102 Å². The Balaban J connectivity index is 1.27. The van der Waals surface area contributed by atoms with Crippen LogP contribution in [0.15, 0.2) is 90.1 Å². The molecular weight excluding hydrogens is 1410 g/mol. The fraction of sp³-hybridized carbons (Fsp3) is 0.500. The second kappa shape index (κ2) is 41.3. The first kappa shape index (κ1) is 82.8. The van der Waals surface area contributed by atoms with Gasteiger partial charge in [0.05, 0.1) is 0 Å². The van der Waals surface area contributed by atoms with Gasteiger partial charge in [0.1, 0.15) is 66.2 Å². The topological polar surface area (TPSA) is 561 Å². The number of amides is 13. The molecule has 4 aromatic rings. The Morgan fingerprint density at radius 3 is 1.93 bits per heavy atom. The Hall–Kier alpha value is -10.5. The fourth-order valence-electron chi connectivity index (χ4n) is 12.6. The van der Waals surface area contributed by atoms with Gasteiger partial charge in [0.15, 0.2) is 5.96 Å². The summed E-state index contributed by atoms with van der Waals surface area (Å²) in [5.41, 5.74) is 30.7. The van der Waals surface area contributed by atoms with Gasteiger partial charge in [0.25, 0.3) is 0 Å². The minimum absolute atomic E-state index is 0.00765. The van der Waals surface area contributed by atoms with E-state index in [1.165, 1.54) is 29.2 Å². The van der Waals surface area contributed by atoms with E-state index < -0.39 is 188 Å². The summed E-state index contributed by atoms with van der Waals surface area (Å²) in [4.78, 5) is 206. The molecule has 2 aliphatic heterocycles. The van der Waals surface area contributed by atoms with Crippen molar-refractivity contribution in [1.82, 2.24) is 63.1 Å². The first-order valence-electron chi connectivity index (χ1n) is 35.1. The van der Waals surface area contributed by atoms with E-state index in [2.05, 4.69) is 63.1 Å². The number of para-hydroxylation sites is 1. The number of hydrogen-bond donors (Lipinski definition) is 18. The van der Waals surface area contributed by atoms with Crippen LogP contribution in [0.1, 0.15) is 114 Å². The quantitative estimate of drug-likeness (QED) is 0.0153. The van der Waals surface area contributed by atoms with E-state index >= 15 is 14.4 Å². The smallest absolute Gasteiger partial charge is 0.303 e. The zero-order valence-corrected chi connectivity index (χ0v) is 60.4. The second-order valence-electron chi connectivity index (χ2n) is 26.5. The number of aromatic amines is 1. The van der Waals surface area contributed by atoms with E-state index in [0.29, 0.717) is 59.7 Å². The van der Waals surface area contributed by atoms with Crippen molar-refractivity contribution < 1.29 is 77.3 Å². The molecule has 1 aliphatic carbocycles. The van der Waals surface area contributed by atoms with E-state index in [4.69, 9.17) is 28.7 Å². The number of nitrogens with two attached hydrogens (primary N) is 5. The first-order chi connectivity index (χ1) is 50.6. The Bertz CT molecular complexity index is 3800. The molecule has 13 amide bonds. The Morgan fingerprint density at radius 2 is 1.26 bits per heavy atom. The molecule has 0 unspecified atom stereocenters. The average Bonchev–Trinajstić information content (AvgIpc) is 1.64. The van der Waals surface area contributed by atoms with Crippen LogP contribution in [0.4, 0.5) is 0 Å². The fourth-order valence-corrected chi connectivity index (χ4v) is 14.9. The van der Waals surface area contributed by atoms with E-state index in [1.807, 2.05) is 0 Å². The van der Waals surface area contributed by atoms with Gasteiger partial charge in [0, 0.05) is 99.2 Å². The summed E-state index contributed by atoms with van der Waals surface area (Å²) < 4.78 is 0. The minimum Gasteiger partial charge on any atom is -0.508 e. The number of primary amides is 2. The number of carboxylic acid groups (broad SMARTS) is 1. The molecule has 34 nitrogen and oxygen atoms in total. The number of aromatic nitrogens is 1. The number of likely N-dealkylation sites (tertiary alicyclic amines) is 1. The van der Waals surface area contributed by atoms with Crippen molar-refractivity contribution in [3.8, 4) is 5.75 Å². The summed E-state index contributed by atoms with van der Waals surface area (Å²) in [7, 11) is 1.77. The molecular formula is C70H96N18O16S2. The van der Waals surface area contributed by atoms with Crippen molar-refractivity contribution in [3.05, 3.63) is 102 Å². The monoisotopic (exact) mass is 1510 g/mol. The van der Waals surface area contributed by atoms with Crippen molar-refractivity contribution in [2.45, 2.75) is 183 Å². The third kappa shape index (κ3) is 26.3. The molecule has 3 heterocycles. The number of aromatic hydroxyl groups is 1. The van der Waals surface area contributed by atoms with E-state index in [0.717, 1.165) is 21.6 Å². The molecule has 0 spiro atoms. The summed E-state index contributed by atoms with van der Waals surface area (Å²) in [6.07, 6.45) is 1.07. The van der Waals surface area contributed by atoms with Crippen LogP contribution in [0.3, 0.4) is 0 Å². The van der Waals surface area contributed by atoms with E-state index in [1.54, 1.807) is 67.7 Å². The SMILES string of the molecule is C[C@@H](N)CC(=O)N1CCC[C@H]1C(=O)N[C@@H](Cc1ccc(O)cc1)C(=O)N[C@H]1CSSC[C@H](C(N)=O)NC(=O)[C@H](CCC(=O)O)NC(=O)[C@H](Cc2c[nH]c3ccccc23)NC(=O)[C@H](CCC(N)=O)NC(=O)CCNC(=O)[C@H](CCCN=C(N)N)NC(=O)[C@H](Cc2ccccc2)NC(=O)[C@H](C2CCCC2)NC1=O. The van der Waals surface area contributed by atoms with Crippen LogP contribution in [0.25, 0.3) is 10.9 Å². The number of benzene rings is 3.